The highest BCUT2D eigenvalue weighted by atomic mass is 79.9. The molecule has 0 saturated heterocycles. The molecule has 0 amide bonds. The van der Waals surface area contributed by atoms with Gasteiger partial charge in [-0.1, -0.05) is 28.1 Å². The smallest absolute Gasteiger partial charge is 0.0543 e. The van der Waals surface area contributed by atoms with E-state index in [-0.39, 0.29) is 0 Å². The summed E-state index contributed by atoms with van der Waals surface area (Å²) in [5, 5.41) is 0. The maximum absolute atomic E-state index is 5.99. The number of hydrogen-bond donors (Lipinski definition) is 1. The molecule has 0 saturated carbocycles. The molecule has 0 radical (unpaired) electrons. The Balaban J connectivity index is 2.06. The van der Waals surface area contributed by atoms with Crippen molar-refractivity contribution in [2.45, 2.75) is 13.1 Å². The SMILES string of the molecule is CN(Cc1ccccn1)Cc1c(N)cccc1Br. The van der Waals surface area contributed by atoms with Crippen LogP contribution in [0.2, 0.25) is 0 Å². The van der Waals surface area contributed by atoms with Crippen molar-refractivity contribution in [2.75, 3.05) is 12.8 Å². The van der Waals surface area contributed by atoms with Gasteiger partial charge in [0.15, 0.2) is 0 Å². The van der Waals surface area contributed by atoms with Gasteiger partial charge in [-0.05, 0) is 31.3 Å². The van der Waals surface area contributed by atoms with Gasteiger partial charge >= 0.3 is 0 Å². The van der Waals surface area contributed by atoms with Gasteiger partial charge in [0.25, 0.3) is 0 Å². The van der Waals surface area contributed by atoms with E-state index in [0.29, 0.717) is 0 Å². The van der Waals surface area contributed by atoms with Crippen LogP contribution < -0.4 is 5.73 Å². The Hall–Kier alpha value is -1.39. The number of aromatic nitrogens is 1. The number of anilines is 1. The zero-order valence-corrected chi connectivity index (χ0v) is 11.9. The van der Waals surface area contributed by atoms with Gasteiger partial charge in [-0.2, -0.15) is 0 Å². The molecular weight excluding hydrogens is 290 g/mol. The highest BCUT2D eigenvalue weighted by Crippen LogP contribution is 2.24. The molecule has 2 N–H and O–H groups in total. The van der Waals surface area contributed by atoms with Crippen LogP contribution in [-0.4, -0.2) is 16.9 Å². The Bertz CT molecular complexity index is 493. The molecule has 0 spiro atoms. The van der Waals surface area contributed by atoms with Gasteiger partial charge in [-0.15, -0.1) is 0 Å². The Kier molecular flexibility index (Phi) is 4.33. The van der Waals surface area contributed by atoms with Crippen LogP contribution in [0.1, 0.15) is 11.3 Å². The number of hydrogen-bond acceptors (Lipinski definition) is 3. The maximum atomic E-state index is 5.99. The topological polar surface area (TPSA) is 42.2 Å². The maximum Gasteiger partial charge on any atom is 0.0543 e. The van der Waals surface area contributed by atoms with Crippen LogP contribution in [-0.2, 0) is 13.1 Å². The number of benzene rings is 1. The van der Waals surface area contributed by atoms with Crippen LogP contribution >= 0.6 is 15.9 Å². The first-order valence-electron chi connectivity index (χ1n) is 5.78. The van der Waals surface area contributed by atoms with Gasteiger partial charge in [-0.3, -0.25) is 9.88 Å². The van der Waals surface area contributed by atoms with Crippen molar-refractivity contribution in [1.82, 2.24) is 9.88 Å². The van der Waals surface area contributed by atoms with Gasteiger partial charge in [0.05, 0.1) is 5.69 Å². The van der Waals surface area contributed by atoms with E-state index in [2.05, 4.69) is 32.9 Å². The summed E-state index contributed by atoms with van der Waals surface area (Å²) >= 11 is 3.54. The lowest BCUT2D eigenvalue weighted by molar-refractivity contribution is 0.315. The Morgan fingerprint density at radius 3 is 2.67 bits per heavy atom. The van der Waals surface area contributed by atoms with E-state index in [1.165, 1.54) is 0 Å². The second-order valence-electron chi connectivity index (χ2n) is 4.30. The van der Waals surface area contributed by atoms with Crippen LogP contribution in [0.15, 0.2) is 47.1 Å². The molecular formula is C14H16BrN3. The normalized spacial score (nSPS) is 10.8. The molecule has 1 heterocycles. The van der Waals surface area contributed by atoms with E-state index in [4.69, 9.17) is 5.73 Å². The lowest BCUT2D eigenvalue weighted by atomic mass is 10.1. The molecule has 0 aliphatic carbocycles. The summed E-state index contributed by atoms with van der Waals surface area (Å²) in [6.45, 7) is 1.60. The van der Waals surface area contributed by atoms with Crippen molar-refractivity contribution >= 4 is 21.6 Å². The third-order valence-corrected chi connectivity index (χ3v) is 3.48. The van der Waals surface area contributed by atoms with E-state index >= 15 is 0 Å². The predicted molar refractivity (Wildman–Crippen MR) is 78.0 cm³/mol. The largest absolute Gasteiger partial charge is 0.398 e. The van der Waals surface area contributed by atoms with Crippen molar-refractivity contribution in [3.05, 3.63) is 58.3 Å². The summed E-state index contributed by atoms with van der Waals surface area (Å²) in [4.78, 5) is 6.51. The third-order valence-electron chi connectivity index (χ3n) is 2.74. The molecule has 0 unspecified atom stereocenters. The first-order chi connectivity index (χ1) is 8.66. The predicted octanol–water partition coefficient (Wildman–Crippen LogP) is 3.06. The molecule has 3 nitrogen and oxygen atoms in total. The van der Waals surface area contributed by atoms with Gasteiger partial charge < -0.3 is 5.73 Å². The highest BCUT2D eigenvalue weighted by molar-refractivity contribution is 9.10. The van der Waals surface area contributed by atoms with Gasteiger partial charge in [0.1, 0.15) is 0 Å². The molecule has 0 aliphatic heterocycles. The van der Waals surface area contributed by atoms with Crippen molar-refractivity contribution in [1.29, 1.82) is 0 Å². The minimum Gasteiger partial charge on any atom is -0.398 e. The molecule has 0 bridgehead atoms. The fourth-order valence-electron chi connectivity index (χ4n) is 1.84. The molecule has 18 heavy (non-hydrogen) atoms. The number of nitrogens with two attached hydrogens (primary N) is 1. The molecule has 2 aromatic rings. The Labute approximate surface area is 116 Å². The summed E-state index contributed by atoms with van der Waals surface area (Å²) in [5.74, 6) is 0. The molecule has 1 aromatic heterocycles. The second-order valence-corrected chi connectivity index (χ2v) is 5.16. The van der Waals surface area contributed by atoms with Crippen LogP contribution in [0.4, 0.5) is 5.69 Å². The molecule has 4 heteroatoms. The van der Waals surface area contributed by atoms with E-state index in [1.807, 2.05) is 42.6 Å². The third kappa shape index (κ3) is 3.31. The fraction of sp³-hybridized carbons (Fsp3) is 0.214. The van der Waals surface area contributed by atoms with Gasteiger partial charge in [-0.25, -0.2) is 0 Å². The lowest BCUT2D eigenvalue weighted by Crippen LogP contribution is -2.19. The van der Waals surface area contributed by atoms with Crippen LogP contribution in [0.5, 0.6) is 0 Å². The quantitative estimate of drug-likeness (QED) is 0.883. The van der Waals surface area contributed by atoms with Gasteiger partial charge in [0, 0.05) is 35.0 Å². The molecule has 0 aliphatic rings. The summed E-state index contributed by atoms with van der Waals surface area (Å²) in [5.41, 5.74) is 8.99. The Morgan fingerprint density at radius 2 is 2.00 bits per heavy atom. The summed E-state index contributed by atoms with van der Waals surface area (Å²) < 4.78 is 1.05. The minimum atomic E-state index is 0.795. The van der Waals surface area contributed by atoms with E-state index < -0.39 is 0 Å². The van der Waals surface area contributed by atoms with E-state index in [9.17, 15) is 0 Å². The summed E-state index contributed by atoms with van der Waals surface area (Å²) in [6, 6.07) is 11.8. The molecule has 0 atom stereocenters. The minimum absolute atomic E-state index is 0.795. The average Bonchev–Trinajstić information content (AvgIpc) is 2.35. The first kappa shape index (κ1) is 13.1. The standard InChI is InChI=1S/C14H16BrN3/c1-18(9-11-5-2-3-8-17-11)10-12-13(15)6-4-7-14(12)16/h2-8H,9-10,16H2,1H3. The second kappa shape index (κ2) is 5.98. The fourth-order valence-corrected chi connectivity index (χ4v) is 2.34. The average molecular weight is 306 g/mol. The Morgan fingerprint density at radius 1 is 1.17 bits per heavy atom. The zero-order chi connectivity index (χ0) is 13.0. The van der Waals surface area contributed by atoms with Crippen molar-refractivity contribution in [3.8, 4) is 0 Å². The van der Waals surface area contributed by atoms with Gasteiger partial charge in [0.2, 0.25) is 0 Å². The van der Waals surface area contributed by atoms with Crippen molar-refractivity contribution in [3.63, 3.8) is 0 Å². The van der Waals surface area contributed by atoms with E-state index in [1.54, 1.807) is 0 Å². The number of nitrogens with zero attached hydrogens (tertiary/aromatic N) is 2. The number of halogens is 1. The molecule has 1 aromatic carbocycles. The number of nitrogen functional groups attached to an aromatic ring is 1. The van der Waals surface area contributed by atoms with E-state index in [0.717, 1.165) is 34.5 Å². The van der Waals surface area contributed by atoms with Crippen LogP contribution in [0, 0.1) is 0 Å². The summed E-state index contributed by atoms with van der Waals surface area (Å²) in [6.07, 6.45) is 1.82. The van der Waals surface area contributed by atoms with Crippen molar-refractivity contribution in [2.24, 2.45) is 0 Å². The molecule has 94 valence electrons. The van der Waals surface area contributed by atoms with Crippen LogP contribution in [0.25, 0.3) is 0 Å². The molecule has 0 fully saturated rings. The highest BCUT2D eigenvalue weighted by Gasteiger charge is 2.08. The first-order valence-corrected chi connectivity index (χ1v) is 6.57. The monoisotopic (exact) mass is 305 g/mol. The summed E-state index contributed by atoms with van der Waals surface area (Å²) in [7, 11) is 2.06. The lowest BCUT2D eigenvalue weighted by Gasteiger charge is -2.18. The number of pyridine rings is 1. The number of rotatable bonds is 4. The van der Waals surface area contributed by atoms with Crippen molar-refractivity contribution < 1.29 is 0 Å². The zero-order valence-electron chi connectivity index (χ0n) is 10.3. The van der Waals surface area contributed by atoms with Crippen LogP contribution in [0.3, 0.4) is 0 Å². The molecule has 2 rings (SSSR count).